The molecule has 3 saturated carbocycles. The first-order valence-corrected chi connectivity index (χ1v) is 12.5. The first kappa shape index (κ1) is 21.0. The van der Waals surface area contributed by atoms with Gasteiger partial charge in [-0.15, -0.1) is 0 Å². The van der Waals surface area contributed by atoms with Gasteiger partial charge in [0.05, 0.1) is 0 Å². The van der Waals surface area contributed by atoms with Crippen LogP contribution < -0.4 is 0 Å². The second kappa shape index (κ2) is 7.33. The number of carbonyl (C=O) groups excluding carboxylic acids is 1. The topological polar surface area (TPSA) is 32.8 Å². The molecule has 168 valence electrons. The van der Waals surface area contributed by atoms with E-state index in [2.05, 4.69) is 31.9 Å². The fraction of sp³-hybridized carbons (Fsp3) is 0.885. The van der Waals surface area contributed by atoms with Gasteiger partial charge < -0.3 is 14.5 Å². The minimum absolute atomic E-state index is 0.122. The van der Waals surface area contributed by atoms with Gasteiger partial charge in [-0.25, -0.2) is 0 Å². The van der Waals surface area contributed by atoms with Crippen LogP contribution in [0.1, 0.15) is 65.2 Å². The van der Waals surface area contributed by atoms with Crippen molar-refractivity contribution in [3.05, 3.63) is 11.6 Å². The number of likely N-dealkylation sites (N-methyl/N-ethyl adjacent to an activating group) is 1. The molecular weight excluding hydrogens is 372 g/mol. The van der Waals surface area contributed by atoms with E-state index in [-0.39, 0.29) is 12.5 Å². The summed E-state index contributed by atoms with van der Waals surface area (Å²) in [5.74, 6) is 3.74. The van der Waals surface area contributed by atoms with Crippen LogP contribution in [0.3, 0.4) is 0 Å². The molecule has 0 aromatic carbocycles. The quantitative estimate of drug-likeness (QED) is 0.644. The number of ether oxygens (including phenoxy) is 1. The highest BCUT2D eigenvalue weighted by molar-refractivity contribution is 5.77. The molecule has 0 aromatic heterocycles. The van der Waals surface area contributed by atoms with Gasteiger partial charge in [0, 0.05) is 32.8 Å². The van der Waals surface area contributed by atoms with E-state index in [9.17, 15) is 4.79 Å². The fourth-order valence-corrected chi connectivity index (χ4v) is 9.20. The van der Waals surface area contributed by atoms with Crippen LogP contribution >= 0.6 is 0 Å². The van der Waals surface area contributed by atoms with E-state index in [1.54, 1.807) is 12.7 Å². The summed E-state index contributed by atoms with van der Waals surface area (Å²) in [4.78, 5) is 17.0. The van der Waals surface area contributed by atoms with E-state index < -0.39 is 0 Å². The van der Waals surface area contributed by atoms with Gasteiger partial charge in [0.2, 0.25) is 5.91 Å². The van der Waals surface area contributed by atoms with Crippen LogP contribution in [-0.2, 0) is 9.53 Å². The summed E-state index contributed by atoms with van der Waals surface area (Å²) in [6.07, 6.45) is 13.2. The summed E-state index contributed by atoms with van der Waals surface area (Å²) >= 11 is 0. The fourth-order valence-electron chi connectivity index (χ4n) is 9.20. The molecule has 8 atom stereocenters. The molecule has 8 unspecified atom stereocenters. The number of amides is 1. The molecule has 1 saturated heterocycles. The van der Waals surface area contributed by atoms with Gasteiger partial charge in [-0.05, 0) is 99.8 Å². The Morgan fingerprint density at radius 3 is 2.73 bits per heavy atom. The lowest BCUT2D eigenvalue weighted by Crippen LogP contribution is -2.53. The maximum absolute atomic E-state index is 12.4. The lowest BCUT2D eigenvalue weighted by molar-refractivity contribution is -0.137. The number of methoxy groups -OCH3 is 1. The summed E-state index contributed by atoms with van der Waals surface area (Å²) in [7, 11) is 5.95. The van der Waals surface area contributed by atoms with Crippen LogP contribution in [0, 0.1) is 34.5 Å². The summed E-state index contributed by atoms with van der Waals surface area (Å²) < 4.78 is 5.09. The van der Waals surface area contributed by atoms with E-state index in [1.165, 1.54) is 45.1 Å². The van der Waals surface area contributed by atoms with Crippen molar-refractivity contribution in [3.8, 4) is 0 Å². The predicted octanol–water partition coefficient (Wildman–Crippen LogP) is 4.35. The number of hydrogen-bond acceptors (Lipinski definition) is 3. The molecule has 1 heterocycles. The van der Waals surface area contributed by atoms with Gasteiger partial charge in [-0.1, -0.05) is 18.6 Å². The molecule has 4 nitrogen and oxygen atoms in total. The zero-order valence-corrected chi connectivity index (χ0v) is 19.8. The van der Waals surface area contributed by atoms with Gasteiger partial charge >= 0.3 is 0 Å². The van der Waals surface area contributed by atoms with Gasteiger partial charge in [0.25, 0.3) is 0 Å². The predicted molar refractivity (Wildman–Crippen MR) is 120 cm³/mol. The molecule has 0 aromatic rings. The zero-order chi connectivity index (χ0) is 21.3. The van der Waals surface area contributed by atoms with Crippen molar-refractivity contribution in [1.29, 1.82) is 0 Å². The second-order valence-corrected chi connectivity index (χ2v) is 11.7. The summed E-state index contributed by atoms with van der Waals surface area (Å²) in [6.45, 7) is 6.60. The van der Waals surface area contributed by atoms with E-state index in [0.717, 1.165) is 42.6 Å². The van der Waals surface area contributed by atoms with Gasteiger partial charge in [-0.3, -0.25) is 4.79 Å². The summed E-state index contributed by atoms with van der Waals surface area (Å²) in [6, 6.07) is 1.12. The van der Waals surface area contributed by atoms with E-state index in [1.807, 2.05) is 11.9 Å². The van der Waals surface area contributed by atoms with Crippen molar-refractivity contribution in [1.82, 2.24) is 9.80 Å². The molecule has 30 heavy (non-hydrogen) atoms. The van der Waals surface area contributed by atoms with Crippen molar-refractivity contribution < 1.29 is 9.53 Å². The van der Waals surface area contributed by atoms with E-state index in [0.29, 0.717) is 16.9 Å². The Balaban J connectivity index is 1.37. The van der Waals surface area contributed by atoms with Gasteiger partial charge in [-0.2, -0.15) is 0 Å². The molecule has 0 N–H and O–H groups in total. The summed E-state index contributed by atoms with van der Waals surface area (Å²) in [5.41, 5.74) is 2.64. The number of likely N-dealkylation sites (tertiary alicyclic amines) is 1. The molecule has 1 spiro atoms. The number of rotatable bonds is 3. The van der Waals surface area contributed by atoms with Crippen LogP contribution in [-0.4, -0.2) is 62.1 Å². The van der Waals surface area contributed by atoms with Crippen molar-refractivity contribution in [2.75, 3.05) is 34.4 Å². The third-order valence-electron chi connectivity index (χ3n) is 10.9. The monoisotopic (exact) mass is 414 g/mol. The normalized spacial score (nSPS) is 47.7. The molecule has 1 amide bonds. The number of fused-ring (bicyclic) bond motifs is 4. The smallest absolute Gasteiger partial charge is 0.248 e. The zero-order valence-electron chi connectivity index (χ0n) is 19.8. The minimum Gasteiger partial charge on any atom is -0.375 e. The molecule has 0 bridgehead atoms. The number of nitrogens with zero attached hydrogens (tertiary/aromatic N) is 2. The van der Waals surface area contributed by atoms with Crippen LogP contribution in [0.15, 0.2) is 11.6 Å². The Hall–Kier alpha value is -0.870. The third-order valence-corrected chi connectivity index (χ3v) is 10.9. The molecule has 5 rings (SSSR count). The Kier molecular flexibility index (Phi) is 5.13. The first-order chi connectivity index (χ1) is 14.3. The Bertz CT molecular complexity index is 735. The lowest BCUT2D eigenvalue weighted by Gasteiger charge is -2.58. The Morgan fingerprint density at radius 1 is 1.20 bits per heavy atom. The highest BCUT2D eigenvalue weighted by Gasteiger charge is 2.64. The van der Waals surface area contributed by atoms with E-state index >= 15 is 0 Å². The van der Waals surface area contributed by atoms with Crippen LogP contribution in [0.2, 0.25) is 0 Å². The Labute approximate surface area is 183 Å². The molecular formula is C26H42N2O2. The minimum atomic E-state index is 0.122. The summed E-state index contributed by atoms with van der Waals surface area (Å²) in [5, 5.41) is 0. The number of carbonyl (C=O) groups is 1. The maximum atomic E-state index is 12.4. The maximum Gasteiger partial charge on any atom is 0.248 e. The first-order valence-electron chi connectivity index (χ1n) is 12.5. The Morgan fingerprint density at radius 2 is 1.97 bits per heavy atom. The number of allylic oxidation sites excluding steroid dienone is 1. The van der Waals surface area contributed by atoms with Crippen LogP contribution in [0.4, 0.5) is 0 Å². The second-order valence-electron chi connectivity index (χ2n) is 11.7. The van der Waals surface area contributed by atoms with E-state index in [4.69, 9.17) is 4.74 Å². The SMILES string of the molecule is COCC(=O)N(C)C1CCC2(C)C(=CCC3C2CCC24CN(C)C(C)C2CCC34)C1. The third kappa shape index (κ3) is 2.81. The van der Waals surface area contributed by atoms with Gasteiger partial charge in [0.15, 0.2) is 0 Å². The van der Waals surface area contributed by atoms with Crippen molar-refractivity contribution in [3.63, 3.8) is 0 Å². The van der Waals surface area contributed by atoms with Crippen LogP contribution in [0.25, 0.3) is 0 Å². The van der Waals surface area contributed by atoms with Crippen molar-refractivity contribution in [2.45, 2.75) is 77.3 Å². The van der Waals surface area contributed by atoms with Crippen molar-refractivity contribution >= 4 is 5.91 Å². The van der Waals surface area contributed by atoms with Crippen LogP contribution in [0.5, 0.6) is 0 Å². The lowest BCUT2D eigenvalue weighted by atomic mass is 9.47. The largest absolute Gasteiger partial charge is 0.375 e. The molecule has 4 aliphatic carbocycles. The number of hydrogen-bond donors (Lipinski definition) is 0. The average Bonchev–Trinajstić information content (AvgIpc) is 3.21. The highest BCUT2D eigenvalue weighted by atomic mass is 16.5. The molecule has 4 fully saturated rings. The molecule has 1 aliphatic heterocycles. The molecule has 5 aliphatic rings. The highest BCUT2D eigenvalue weighted by Crippen LogP contribution is 2.68. The van der Waals surface area contributed by atoms with Gasteiger partial charge in [0.1, 0.15) is 6.61 Å². The standard InChI is InChI=1S/C26H42N2O2/c1-17-21-8-9-23-20-7-6-18-14-19(28(4)24(29)15-30-5)10-12-25(18,2)22(20)11-13-26(21,23)16-27(17)3/h6,17,19-23H,7-16H2,1-5H3. The van der Waals surface area contributed by atoms with Crippen molar-refractivity contribution in [2.24, 2.45) is 34.5 Å². The molecule has 0 radical (unpaired) electrons. The average molecular weight is 415 g/mol. The molecule has 4 heteroatoms.